The maximum atomic E-state index is 13.2. The molecule has 8 heteroatoms. The van der Waals surface area contributed by atoms with Gasteiger partial charge in [-0.05, 0) is 28.8 Å². The van der Waals surface area contributed by atoms with Crippen LogP contribution in [0.1, 0.15) is 22.7 Å². The summed E-state index contributed by atoms with van der Waals surface area (Å²) in [6.07, 6.45) is 0. The van der Waals surface area contributed by atoms with Crippen molar-refractivity contribution in [3.05, 3.63) is 112 Å². The molecule has 1 aliphatic heterocycles. The van der Waals surface area contributed by atoms with Crippen LogP contribution in [0.2, 0.25) is 5.02 Å². The van der Waals surface area contributed by atoms with E-state index in [1.807, 2.05) is 72.8 Å². The van der Waals surface area contributed by atoms with E-state index in [4.69, 9.17) is 11.6 Å². The number of H-pyrrole nitrogens is 1. The van der Waals surface area contributed by atoms with Gasteiger partial charge in [-0.2, -0.15) is 4.98 Å². The van der Waals surface area contributed by atoms with Crippen LogP contribution in [0.25, 0.3) is 5.57 Å². The normalized spacial score (nSPS) is 16.0. The number of aromatic amines is 1. The van der Waals surface area contributed by atoms with Crippen LogP contribution in [-0.4, -0.2) is 26.2 Å². The predicted molar refractivity (Wildman–Crippen MR) is 130 cm³/mol. The van der Waals surface area contributed by atoms with E-state index >= 15 is 0 Å². The Morgan fingerprint density at radius 1 is 0.970 bits per heavy atom. The Hall–Kier alpha value is -3.55. The number of aliphatic hydroxyl groups is 1. The second kappa shape index (κ2) is 9.13. The zero-order chi connectivity index (χ0) is 22.8. The van der Waals surface area contributed by atoms with Gasteiger partial charge in [0, 0.05) is 16.3 Å². The first kappa shape index (κ1) is 21.3. The number of thioether (sulfide) groups is 1. The van der Waals surface area contributed by atoms with Gasteiger partial charge in [-0.15, -0.1) is 5.10 Å². The number of aromatic nitrogens is 3. The van der Waals surface area contributed by atoms with Crippen LogP contribution >= 0.6 is 23.4 Å². The lowest BCUT2D eigenvalue weighted by Gasteiger charge is -2.24. The van der Waals surface area contributed by atoms with Gasteiger partial charge in [0.25, 0.3) is 5.91 Å². The Balaban J connectivity index is 1.50. The Labute approximate surface area is 199 Å². The lowest BCUT2D eigenvalue weighted by molar-refractivity contribution is -0.117. The van der Waals surface area contributed by atoms with Crippen molar-refractivity contribution in [2.24, 2.45) is 0 Å². The van der Waals surface area contributed by atoms with Gasteiger partial charge in [-0.25, -0.2) is 5.10 Å². The zero-order valence-electron chi connectivity index (χ0n) is 17.4. The van der Waals surface area contributed by atoms with Gasteiger partial charge in [0.05, 0.1) is 6.04 Å². The van der Waals surface area contributed by atoms with Crippen molar-refractivity contribution >= 4 is 40.8 Å². The van der Waals surface area contributed by atoms with E-state index in [1.165, 1.54) is 16.7 Å². The molecule has 0 saturated heterocycles. The monoisotopic (exact) mass is 474 g/mol. The fourth-order valence-electron chi connectivity index (χ4n) is 3.83. The van der Waals surface area contributed by atoms with Crippen molar-refractivity contribution in [2.75, 3.05) is 4.90 Å². The average Bonchev–Trinajstić information content (AvgIpc) is 3.42. The number of nitrogens with zero attached hydrogens (tertiary/aromatic N) is 3. The third kappa shape index (κ3) is 4.25. The Morgan fingerprint density at radius 3 is 2.33 bits per heavy atom. The number of hydrogen-bond donors (Lipinski definition) is 2. The van der Waals surface area contributed by atoms with Crippen molar-refractivity contribution in [3.63, 3.8) is 0 Å². The van der Waals surface area contributed by atoms with Gasteiger partial charge in [0.2, 0.25) is 11.1 Å². The van der Waals surface area contributed by atoms with E-state index in [9.17, 15) is 9.90 Å². The number of amides is 1. The van der Waals surface area contributed by atoms with Crippen molar-refractivity contribution < 1.29 is 9.90 Å². The van der Waals surface area contributed by atoms with Crippen molar-refractivity contribution in [1.29, 1.82) is 0 Å². The second-order valence-corrected chi connectivity index (χ2v) is 8.85. The molecule has 164 valence electrons. The topological polar surface area (TPSA) is 82.1 Å². The first-order valence-electron chi connectivity index (χ1n) is 10.3. The summed E-state index contributed by atoms with van der Waals surface area (Å²) in [5, 5.41) is 19.2. The highest BCUT2D eigenvalue weighted by Crippen LogP contribution is 2.44. The molecule has 1 aliphatic rings. The lowest BCUT2D eigenvalue weighted by atomic mass is 9.94. The number of anilines is 1. The molecule has 33 heavy (non-hydrogen) atoms. The maximum absolute atomic E-state index is 13.2. The lowest BCUT2D eigenvalue weighted by Crippen LogP contribution is -2.31. The molecule has 0 saturated carbocycles. The summed E-state index contributed by atoms with van der Waals surface area (Å²) in [6.45, 7) is 0. The molecule has 0 spiro atoms. The first-order valence-corrected chi connectivity index (χ1v) is 11.6. The maximum Gasteiger partial charge on any atom is 0.296 e. The number of rotatable bonds is 6. The first-order chi connectivity index (χ1) is 16.1. The molecule has 1 amide bonds. The van der Waals surface area contributed by atoms with Crippen LogP contribution in [0.15, 0.2) is 95.8 Å². The van der Waals surface area contributed by atoms with Gasteiger partial charge in [-0.3, -0.25) is 9.69 Å². The fraction of sp³-hybridized carbons (Fsp3) is 0.0800. The van der Waals surface area contributed by atoms with E-state index in [2.05, 4.69) is 15.2 Å². The van der Waals surface area contributed by atoms with Gasteiger partial charge in [0.1, 0.15) is 0 Å². The summed E-state index contributed by atoms with van der Waals surface area (Å²) in [5.74, 6) is 0.124. The molecular formula is C25H19ClN4O2S. The molecule has 0 aliphatic carbocycles. The van der Waals surface area contributed by atoms with E-state index in [1.54, 1.807) is 12.1 Å². The predicted octanol–water partition coefficient (Wildman–Crippen LogP) is 5.81. The summed E-state index contributed by atoms with van der Waals surface area (Å²) in [6, 6.07) is 26.0. The number of hydrogen-bond acceptors (Lipinski definition) is 5. The molecule has 5 rings (SSSR count). The molecule has 0 fully saturated rings. The largest absolute Gasteiger partial charge is 0.503 e. The summed E-state index contributed by atoms with van der Waals surface area (Å²) >= 11 is 7.56. The number of benzene rings is 3. The van der Waals surface area contributed by atoms with Crippen molar-refractivity contribution in [1.82, 2.24) is 15.2 Å². The van der Waals surface area contributed by atoms with Crippen LogP contribution in [0.4, 0.5) is 5.95 Å². The van der Waals surface area contributed by atoms with E-state index in [0.717, 1.165) is 16.7 Å². The van der Waals surface area contributed by atoms with Gasteiger partial charge in [-0.1, -0.05) is 96.2 Å². The van der Waals surface area contributed by atoms with Gasteiger partial charge in [0.15, 0.2) is 5.76 Å². The minimum absolute atomic E-state index is 0.271. The quantitative estimate of drug-likeness (QED) is 0.345. The van der Waals surface area contributed by atoms with Crippen LogP contribution in [0, 0.1) is 0 Å². The van der Waals surface area contributed by atoms with Crippen LogP contribution in [-0.2, 0) is 10.5 Å². The molecule has 1 atom stereocenters. The van der Waals surface area contributed by atoms with E-state index in [-0.39, 0.29) is 11.7 Å². The summed E-state index contributed by atoms with van der Waals surface area (Å²) < 4.78 is 0. The minimum Gasteiger partial charge on any atom is -0.503 e. The summed E-state index contributed by atoms with van der Waals surface area (Å²) in [4.78, 5) is 19.2. The number of carbonyl (C=O) groups excluding carboxylic acids is 1. The third-order valence-electron chi connectivity index (χ3n) is 5.37. The number of halogens is 1. The van der Waals surface area contributed by atoms with Crippen LogP contribution in [0.5, 0.6) is 0 Å². The molecular weight excluding hydrogens is 456 g/mol. The summed E-state index contributed by atoms with van der Waals surface area (Å²) in [5.41, 5.74) is 3.21. The Morgan fingerprint density at radius 2 is 1.64 bits per heavy atom. The van der Waals surface area contributed by atoms with Crippen LogP contribution in [0.3, 0.4) is 0 Å². The van der Waals surface area contributed by atoms with Gasteiger partial charge >= 0.3 is 0 Å². The molecule has 1 aromatic heterocycles. The molecule has 2 N–H and O–H groups in total. The van der Waals surface area contributed by atoms with Gasteiger partial charge < -0.3 is 5.11 Å². The minimum atomic E-state index is -0.586. The van der Waals surface area contributed by atoms with Crippen molar-refractivity contribution in [3.8, 4) is 0 Å². The Kier molecular flexibility index (Phi) is 5.90. The highest BCUT2D eigenvalue weighted by molar-refractivity contribution is 7.98. The molecule has 6 nitrogen and oxygen atoms in total. The standard InChI is InChI=1S/C25H19ClN4O2S/c26-19-13-11-18(12-14-19)21-20(17-9-5-2-6-10-17)22(31)23(32)30(21)24-27-25(29-28-24)33-15-16-7-3-1-4-8-16/h1-14,21,31H,15H2,(H,27,28,29). The number of aliphatic hydroxyl groups excluding tert-OH is 1. The zero-order valence-corrected chi connectivity index (χ0v) is 18.9. The number of nitrogens with one attached hydrogen (secondary N) is 1. The van der Waals surface area contributed by atoms with E-state index in [0.29, 0.717) is 21.5 Å². The number of carbonyl (C=O) groups is 1. The van der Waals surface area contributed by atoms with Crippen LogP contribution < -0.4 is 4.90 Å². The third-order valence-corrected chi connectivity index (χ3v) is 6.54. The second-order valence-electron chi connectivity index (χ2n) is 7.47. The fourth-order valence-corrected chi connectivity index (χ4v) is 4.70. The highest BCUT2D eigenvalue weighted by atomic mass is 35.5. The molecule has 2 heterocycles. The highest BCUT2D eigenvalue weighted by Gasteiger charge is 2.43. The molecule has 1 unspecified atom stereocenters. The summed E-state index contributed by atoms with van der Waals surface area (Å²) in [7, 11) is 0. The SMILES string of the molecule is O=C1C(O)=C(c2ccccc2)C(c2ccc(Cl)cc2)N1c1nc(SCc2ccccc2)n[nH]1. The smallest absolute Gasteiger partial charge is 0.296 e. The van der Waals surface area contributed by atoms with E-state index < -0.39 is 11.9 Å². The molecule has 3 aromatic carbocycles. The molecule has 0 bridgehead atoms. The molecule has 0 radical (unpaired) electrons. The Bertz CT molecular complexity index is 1310. The average molecular weight is 475 g/mol. The molecule has 4 aromatic rings. The van der Waals surface area contributed by atoms with Crippen molar-refractivity contribution in [2.45, 2.75) is 17.0 Å².